The molecule has 0 amide bonds. The zero-order chi connectivity index (χ0) is 15.2. The van der Waals surface area contributed by atoms with Crippen molar-refractivity contribution in [1.82, 2.24) is 0 Å². The van der Waals surface area contributed by atoms with Gasteiger partial charge in [-0.25, -0.2) is 0 Å². The predicted molar refractivity (Wildman–Crippen MR) is 84.3 cm³/mol. The largest absolute Gasteiger partial charge is 0.490 e. The van der Waals surface area contributed by atoms with Crippen LogP contribution in [0.15, 0.2) is 42.5 Å². The summed E-state index contributed by atoms with van der Waals surface area (Å²) in [4.78, 5) is 11.7. The molecule has 2 aromatic rings. The van der Waals surface area contributed by atoms with Crippen LogP contribution in [0.25, 0.3) is 11.1 Å². The van der Waals surface area contributed by atoms with Crippen LogP contribution in [0.3, 0.4) is 0 Å². The molecule has 0 aliphatic carbocycles. The third kappa shape index (κ3) is 4.06. The fourth-order valence-electron chi connectivity index (χ4n) is 2.02. The number of rotatable bonds is 6. The quantitative estimate of drug-likeness (QED) is 0.591. The molecular formula is C17H17ClO3. The maximum atomic E-state index is 11.7. The van der Waals surface area contributed by atoms with Crippen molar-refractivity contribution in [2.75, 3.05) is 20.3 Å². The number of halogens is 1. The van der Waals surface area contributed by atoms with Crippen LogP contribution in [-0.4, -0.2) is 26.1 Å². The van der Waals surface area contributed by atoms with E-state index in [0.29, 0.717) is 29.5 Å². The van der Waals surface area contributed by atoms with Gasteiger partial charge in [0, 0.05) is 12.1 Å². The Bertz CT molecular complexity index is 638. The standard InChI is InChI=1S/C17H17ClO3/c1-12(19)16-7-6-14(11-17(16)21-9-8-20-2)13-4-3-5-15(18)10-13/h3-7,10-11H,8-9H2,1-2H3. The van der Waals surface area contributed by atoms with E-state index in [1.807, 2.05) is 36.4 Å². The second-order valence-electron chi connectivity index (χ2n) is 4.62. The number of ether oxygens (including phenoxy) is 2. The van der Waals surface area contributed by atoms with Crippen LogP contribution in [-0.2, 0) is 4.74 Å². The lowest BCUT2D eigenvalue weighted by Gasteiger charge is -2.12. The molecule has 2 aromatic carbocycles. The van der Waals surface area contributed by atoms with Crippen molar-refractivity contribution in [3.8, 4) is 16.9 Å². The minimum atomic E-state index is -0.0277. The maximum Gasteiger partial charge on any atom is 0.163 e. The molecule has 0 bridgehead atoms. The molecule has 0 heterocycles. The molecule has 0 aromatic heterocycles. The van der Waals surface area contributed by atoms with E-state index in [1.54, 1.807) is 13.2 Å². The van der Waals surface area contributed by atoms with Gasteiger partial charge in [0.05, 0.1) is 12.2 Å². The van der Waals surface area contributed by atoms with Gasteiger partial charge in [-0.2, -0.15) is 0 Å². The molecule has 0 aliphatic rings. The van der Waals surface area contributed by atoms with Crippen LogP contribution in [0.1, 0.15) is 17.3 Å². The lowest BCUT2D eigenvalue weighted by molar-refractivity contribution is 0.100. The van der Waals surface area contributed by atoms with E-state index < -0.39 is 0 Å². The van der Waals surface area contributed by atoms with E-state index in [-0.39, 0.29) is 5.78 Å². The van der Waals surface area contributed by atoms with E-state index >= 15 is 0 Å². The second-order valence-corrected chi connectivity index (χ2v) is 5.06. The summed E-state index contributed by atoms with van der Waals surface area (Å²) < 4.78 is 10.6. The molecule has 0 N–H and O–H groups in total. The summed E-state index contributed by atoms with van der Waals surface area (Å²) in [5.74, 6) is 0.539. The number of methoxy groups -OCH3 is 1. The monoisotopic (exact) mass is 304 g/mol. The average Bonchev–Trinajstić information content (AvgIpc) is 2.47. The predicted octanol–water partition coefficient (Wildman–Crippen LogP) is 4.23. The van der Waals surface area contributed by atoms with Crippen LogP contribution in [0.4, 0.5) is 0 Å². The van der Waals surface area contributed by atoms with Gasteiger partial charge in [0.1, 0.15) is 12.4 Å². The van der Waals surface area contributed by atoms with Gasteiger partial charge in [-0.3, -0.25) is 4.79 Å². The molecule has 0 atom stereocenters. The maximum absolute atomic E-state index is 11.7. The highest BCUT2D eigenvalue weighted by atomic mass is 35.5. The van der Waals surface area contributed by atoms with E-state index in [1.165, 1.54) is 6.92 Å². The molecule has 4 heteroatoms. The Hall–Kier alpha value is -1.84. The summed E-state index contributed by atoms with van der Waals surface area (Å²) in [5.41, 5.74) is 2.50. The van der Waals surface area contributed by atoms with Gasteiger partial charge >= 0.3 is 0 Å². The molecule has 0 saturated carbocycles. The normalized spacial score (nSPS) is 10.4. The molecular weight excluding hydrogens is 288 g/mol. The second kappa shape index (κ2) is 7.25. The Kier molecular flexibility index (Phi) is 5.37. The fourth-order valence-corrected chi connectivity index (χ4v) is 2.21. The van der Waals surface area contributed by atoms with Gasteiger partial charge in [-0.1, -0.05) is 29.8 Å². The van der Waals surface area contributed by atoms with Gasteiger partial charge < -0.3 is 9.47 Å². The highest BCUT2D eigenvalue weighted by Gasteiger charge is 2.10. The van der Waals surface area contributed by atoms with Gasteiger partial charge in [0.15, 0.2) is 5.78 Å². The van der Waals surface area contributed by atoms with Crippen molar-refractivity contribution in [2.45, 2.75) is 6.92 Å². The SMILES string of the molecule is COCCOc1cc(-c2cccc(Cl)c2)ccc1C(C)=O. The molecule has 0 aliphatic heterocycles. The Morgan fingerprint density at radius 2 is 1.86 bits per heavy atom. The topological polar surface area (TPSA) is 35.5 Å². The van der Waals surface area contributed by atoms with Crippen LogP contribution < -0.4 is 4.74 Å². The number of benzene rings is 2. The first-order valence-electron chi connectivity index (χ1n) is 6.64. The third-order valence-corrected chi connectivity index (χ3v) is 3.30. The summed E-state index contributed by atoms with van der Waals surface area (Å²) in [5, 5.41) is 0.671. The van der Waals surface area contributed by atoms with Gasteiger partial charge in [0.2, 0.25) is 0 Å². The third-order valence-electron chi connectivity index (χ3n) is 3.06. The minimum absolute atomic E-state index is 0.0277. The Morgan fingerprint density at radius 1 is 1.10 bits per heavy atom. The van der Waals surface area contributed by atoms with E-state index in [4.69, 9.17) is 21.1 Å². The van der Waals surface area contributed by atoms with Crippen LogP contribution in [0.2, 0.25) is 5.02 Å². The summed E-state index contributed by atoms with van der Waals surface area (Å²) in [6.07, 6.45) is 0. The van der Waals surface area contributed by atoms with E-state index in [9.17, 15) is 4.79 Å². The Balaban J connectivity index is 2.36. The number of hydrogen-bond donors (Lipinski definition) is 0. The number of hydrogen-bond acceptors (Lipinski definition) is 3. The van der Waals surface area contributed by atoms with Crippen molar-refractivity contribution in [1.29, 1.82) is 0 Å². The van der Waals surface area contributed by atoms with Crippen molar-refractivity contribution < 1.29 is 14.3 Å². The average molecular weight is 305 g/mol. The smallest absolute Gasteiger partial charge is 0.163 e. The first-order valence-corrected chi connectivity index (χ1v) is 7.02. The van der Waals surface area contributed by atoms with Crippen molar-refractivity contribution in [2.24, 2.45) is 0 Å². The summed E-state index contributed by atoms with van der Waals surface area (Å²) >= 11 is 6.02. The van der Waals surface area contributed by atoms with Crippen molar-refractivity contribution >= 4 is 17.4 Å². The highest BCUT2D eigenvalue weighted by molar-refractivity contribution is 6.30. The molecule has 0 unspecified atom stereocenters. The number of ketones is 1. The molecule has 2 rings (SSSR count). The number of Topliss-reactive ketones (excluding diaryl/α,β-unsaturated/α-hetero) is 1. The lowest BCUT2D eigenvalue weighted by atomic mass is 10.0. The van der Waals surface area contributed by atoms with Crippen molar-refractivity contribution in [3.63, 3.8) is 0 Å². The molecule has 0 saturated heterocycles. The van der Waals surface area contributed by atoms with Gasteiger partial charge in [-0.15, -0.1) is 0 Å². The molecule has 0 spiro atoms. The Labute approximate surface area is 129 Å². The first-order chi connectivity index (χ1) is 10.1. The van der Waals surface area contributed by atoms with Crippen molar-refractivity contribution in [3.05, 3.63) is 53.1 Å². The summed E-state index contributed by atoms with van der Waals surface area (Å²) in [6, 6.07) is 13.1. The molecule has 3 nitrogen and oxygen atoms in total. The first kappa shape index (κ1) is 15.5. The summed E-state index contributed by atoms with van der Waals surface area (Å²) in [6.45, 7) is 2.39. The lowest BCUT2D eigenvalue weighted by Crippen LogP contribution is -2.07. The minimum Gasteiger partial charge on any atom is -0.490 e. The summed E-state index contributed by atoms with van der Waals surface area (Å²) in [7, 11) is 1.61. The van der Waals surface area contributed by atoms with E-state index in [2.05, 4.69) is 0 Å². The van der Waals surface area contributed by atoms with Crippen LogP contribution in [0, 0.1) is 0 Å². The zero-order valence-corrected chi connectivity index (χ0v) is 12.8. The molecule has 0 fully saturated rings. The molecule has 21 heavy (non-hydrogen) atoms. The van der Waals surface area contributed by atoms with Crippen LogP contribution >= 0.6 is 11.6 Å². The fraction of sp³-hybridized carbons (Fsp3) is 0.235. The number of carbonyl (C=O) groups excluding carboxylic acids is 1. The van der Waals surface area contributed by atoms with E-state index in [0.717, 1.165) is 11.1 Å². The van der Waals surface area contributed by atoms with Gasteiger partial charge in [-0.05, 0) is 42.3 Å². The zero-order valence-electron chi connectivity index (χ0n) is 12.1. The highest BCUT2D eigenvalue weighted by Crippen LogP contribution is 2.29. The van der Waals surface area contributed by atoms with Crippen LogP contribution in [0.5, 0.6) is 5.75 Å². The molecule has 110 valence electrons. The molecule has 0 radical (unpaired) electrons. The van der Waals surface area contributed by atoms with Gasteiger partial charge in [0.25, 0.3) is 0 Å². The number of carbonyl (C=O) groups is 1. The Morgan fingerprint density at radius 3 is 2.52 bits per heavy atom.